The predicted octanol–water partition coefficient (Wildman–Crippen LogP) is 5.10. The molecule has 3 aromatic carbocycles. The van der Waals surface area contributed by atoms with Crippen molar-refractivity contribution in [1.29, 1.82) is 5.26 Å². The number of likely N-dealkylation sites (N-methyl/N-ethyl adjacent to an activating group) is 1. The summed E-state index contributed by atoms with van der Waals surface area (Å²) < 4.78 is 18.2. The molecule has 4 aliphatic rings. The van der Waals surface area contributed by atoms with Crippen LogP contribution in [0.1, 0.15) is 69.4 Å². The van der Waals surface area contributed by atoms with Gasteiger partial charge < -0.3 is 24.6 Å². The number of hydrogen-bond acceptors (Lipinski definition) is 9. The number of nitriles is 1. The molecule has 0 radical (unpaired) electrons. The Balaban J connectivity index is 1.36. The number of aryl methyl sites for hydroxylation is 2. The number of phenolic OH excluding ortho intramolecular Hbond substituents is 1. The molecule has 11 heteroatoms. The summed E-state index contributed by atoms with van der Waals surface area (Å²) in [5.74, 6) is 1.24. The van der Waals surface area contributed by atoms with Crippen LogP contribution in [0.15, 0.2) is 36.4 Å². The van der Waals surface area contributed by atoms with Crippen LogP contribution in [0.2, 0.25) is 0 Å². The Bertz CT molecular complexity index is 1860. The Hall–Kier alpha value is -4.30. The molecule has 1 saturated heterocycles. The first-order valence-corrected chi connectivity index (χ1v) is 17.4. The number of benzene rings is 3. The molecule has 0 aliphatic carbocycles. The topological polar surface area (TPSA) is 124 Å². The highest BCUT2D eigenvalue weighted by molar-refractivity contribution is 6.18. The first-order valence-electron chi connectivity index (χ1n) is 16.9. The summed E-state index contributed by atoms with van der Waals surface area (Å²) in [5.41, 5.74) is 6.97. The van der Waals surface area contributed by atoms with Crippen molar-refractivity contribution in [2.75, 3.05) is 26.3 Å². The fraction of sp³-hybridized carbons (Fsp3) is 0.447. The van der Waals surface area contributed by atoms with Crippen molar-refractivity contribution in [2.24, 2.45) is 0 Å². The molecule has 4 aliphatic heterocycles. The number of aromatic hydroxyl groups is 1. The van der Waals surface area contributed by atoms with Gasteiger partial charge in [-0.1, -0.05) is 36.4 Å². The van der Waals surface area contributed by atoms with Crippen LogP contribution >= 0.6 is 11.6 Å². The molecular formula is C38H41ClN4O6. The zero-order valence-corrected chi connectivity index (χ0v) is 29.0. The van der Waals surface area contributed by atoms with Crippen molar-refractivity contribution in [3.8, 4) is 29.1 Å². The highest BCUT2D eigenvalue weighted by Crippen LogP contribution is 2.57. The van der Waals surface area contributed by atoms with Crippen LogP contribution in [0.3, 0.4) is 0 Å². The van der Waals surface area contributed by atoms with Gasteiger partial charge in [0.1, 0.15) is 17.5 Å². The molecule has 3 aromatic rings. The van der Waals surface area contributed by atoms with E-state index in [1.165, 1.54) is 0 Å². The minimum Gasteiger partial charge on any atom is -0.507 e. The Morgan fingerprint density at radius 3 is 2.55 bits per heavy atom. The van der Waals surface area contributed by atoms with Gasteiger partial charge in [-0.3, -0.25) is 19.4 Å². The molecule has 256 valence electrons. The second-order valence-corrected chi connectivity index (χ2v) is 13.9. The fourth-order valence-electron chi connectivity index (χ4n) is 8.48. The maximum Gasteiger partial charge on any atom is 0.312 e. The molecule has 7 rings (SSSR count). The van der Waals surface area contributed by atoms with Gasteiger partial charge in [0, 0.05) is 53.2 Å². The van der Waals surface area contributed by atoms with Crippen LogP contribution in [0, 0.1) is 32.1 Å². The minimum absolute atomic E-state index is 0.00316. The van der Waals surface area contributed by atoms with Crippen molar-refractivity contribution >= 4 is 23.5 Å². The van der Waals surface area contributed by atoms with Gasteiger partial charge in [0.15, 0.2) is 11.5 Å². The van der Waals surface area contributed by atoms with E-state index in [1.54, 1.807) is 0 Å². The van der Waals surface area contributed by atoms with E-state index in [9.17, 15) is 20.0 Å². The Kier molecular flexibility index (Phi) is 8.94. The van der Waals surface area contributed by atoms with Gasteiger partial charge in [-0.25, -0.2) is 0 Å². The zero-order chi connectivity index (χ0) is 34.6. The lowest BCUT2D eigenvalue weighted by Gasteiger charge is -2.60. The SMILES string of the molecule is Cc1cc2c(c(O)c1C)[C@@H]1C3Cc4c(OC(=O)CCCl)c(C)c5c(c4[C@H](CNC(=O)CCc4ccccc4)N3[C@@H](C#N)[C@H](C2)N1C)OCO5. The van der Waals surface area contributed by atoms with Gasteiger partial charge in [-0.15, -0.1) is 11.6 Å². The largest absolute Gasteiger partial charge is 0.507 e. The molecule has 1 unspecified atom stereocenters. The molecule has 5 atom stereocenters. The quantitative estimate of drug-likeness (QED) is 0.190. The number of amides is 1. The molecular weight excluding hydrogens is 644 g/mol. The third kappa shape index (κ3) is 5.58. The van der Waals surface area contributed by atoms with E-state index in [2.05, 4.69) is 27.3 Å². The minimum atomic E-state index is -0.552. The predicted molar refractivity (Wildman–Crippen MR) is 183 cm³/mol. The average molecular weight is 685 g/mol. The maximum absolute atomic E-state index is 13.4. The number of ether oxygens (including phenoxy) is 3. The molecule has 4 heterocycles. The molecule has 0 saturated carbocycles. The van der Waals surface area contributed by atoms with Crippen molar-refractivity contribution in [1.82, 2.24) is 15.1 Å². The molecule has 1 amide bonds. The highest BCUT2D eigenvalue weighted by atomic mass is 35.5. The second kappa shape index (κ2) is 13.2. The van der Waals surface area contributed by atoms with Crippen molar-refractivity contribution in [2.45, 2.75) is 83.1 Å². The Labute approximate surface area is 291 Å². The van der Waals surface area contributed by atoms with E-state index in [1.807, 2.05) is 58.2 Å². The third-order valence-electron chi connectivity index (χ3n) is 10.9. The lowest BCUT2D eigenvalue weighted by molar-refractivity contribution is -0.134. The number of carbonyl (C=O) groups is 2. The number of hydrogen-bond donors (Lipinski definition) is 2. The Morgan fingerprint density at radius 1 is 1.06 bits per heavy atom. The van der Waals surface area contributed by atoms with Crippen LogP contribution < -0.4 is 19.5 Å². The zero-order valence-electron chi connectivity index (χ0n) is 28.2. The second-order valence-electron chi connectivity index (χ2n) is 13.5. The number of alkyl halides is 1. The average Bonchev–Trinajstić information content (AvgIpc) is 3.58. The molecule has 0 spiro atoms. The highest BCUT2D eigenvalue weighted by Gasteiger charge is 2.56. The number of rotatable bonds is 8. The summed E-state index contributed by atoms with van der Waals surface area (Å²) in [6, 6.07) is 12.8. The summed E-state index contributed by atoms with van der Waals surface area (Å²) in [4.78, 5) is 30.8. The van der Waals surface area contributed by atoms with E-state index >= 15 is 0 Å². The number of nitrogens with one attached hydrogen (secondary N) is 1. The first-order chi connectivity index (χ1) is 23.6. The number of piperazine rings is 1. The van der Waals surface area contributed by atoms with Crippen molar-refractivity contribution < 1.29 is 28.9 Å². The van der Waals surface area contributed by atoms with Gasteiger partial charge in [0.2, 0.25) is 12.7 Å². The van der Waals surface area contributed by atoms with Crippen LogP contribution in [0.4, 0.5) is 0 Å². The molecule has 1 fully saturated rings. The lowest BCUT2D eigenvalue weighted by Crippen LogP contribution is -2.68. The summed E-state index contributed by atoms with van der Waals surface area (Å²) >= 11 is 5.93. The summed E-state index contributed by atoms with van der Waals surface area (Å²) in [5, 5.41) is 25.7. The Morgan fingerprint density at radius 2 is 1.82 bits per heavy atom. The van der Waals surface area contributed by atoms with Gasteiger partial charge in [-0.2, -0.15) is 5.26 Å². The van der Waals surface area contributed by atoms with E-state index in [0.29, 0.717) is 48.5 Å². The van der Waals surface area contributed by atoms with Crippen molar-refractivity contribution in [3.63, 3.8) is 0 Å². The standard InChI is InChI=1S/C38H41ClN4O6/c1-20-14-24-15-26-28(17-40)43-27(34(42(26)4)32(24)35(46)21(20)2)16-25-33(29(43)18-41-30(44)11-10-23-8-6-5-7-9-23)38-37(47-19-48-38)22(3)36(25)49-31(45)12-13-39/h5-9,14,26-29,34,46H,10-13,15-16,18-19H2,1-4H3,(H,41,44)/t26-,27?,28-,29-,34-/m0/s1. The number of esters is 1. The fourth-order valence-corrected chi connectivity index (χ4v) is 8.63. The number of fused-ring (bicyclic) bond motifs is 9. The smallest absolute Gasteiger partial charge is 0.312 e. The number of phenols is 1. The van der Waals surface area contributed by atoms with E-state index in [0.717, 1.165) is 38.9 Å². The number of nitrogens with zero attached hydrogens (tertiary/aromatic N) is 3. The van der Waals surface area contributed by atoms with Gasteiger partial charge in [0.05, 0.1) is 24.6 Å². The summed E-state index contributed by atoms with van der Waals surface area (Å²) in [6.45, 7) is 5.96. The monoisotopic (exact) mass is 684 g/mol. The normalized spacial score (nSPS) is 23.6. The third-order valence-corrected chi connectivity index (χ3v) is 11.1. The van der Waals surface area contributed by atoms with E-state index < -0.39 is 18.1 Å². The van der Waals surface area contributed by atoms with Gasteiger partial charge in [0.25, 0.3) is 0 Å². The van der Waals surface area contributed by atoms with E-state index in [-0.39, 0.29) is 55.4 Å². The lowest BCUT2D eigenvalue weighted by atomic mass is 9.71. The molecule has 2 bridgehead atoms. The van der Waals surface area contributed by atoms with E-state index in [4.69, 9.17) is 25.8 Å². The maximum atomic E-state index is 13.4. The molecule has 0 aromatic heterocycles. The van der Waals surface area contributed by atoms with Gasteiger partial charge in [-0.05, 0) is 69.3 Å². The number of halogens is 1. The first kappa shape index (κ1) is 33.2. The molecule has 2 N–H and O–H groups in total. The molecule has 49 heavy (non-hydrogen) atoms. The molecule has 10 nitrogen and oxygen atoms in total. The van der Waals surface area contributed by atoms with Crippen LogP contribution in [0.5, 0.6) is 23.0 Å². The van der Waals surface area contributed by atoms with Crippen LogP contribution in [-0.2, 0) is 28.9 Å². The van der Waals surface area contributed by atoms with Crippen LogP contribution in [-0.4, -0.2) is 71.2 Å². The number of carbonyl (C=O) groups excluding carboxylic acids is 2. The van der Waals surface area contributed by atoms with Crippen LogP contribution in [0.25, 0.3) is 0 Å². The summed E-state index contributed by atoms with van der Waals surface area (Å²) in [7, 11) is 2.02. The summed E-state index contributed by atoms with van der Waals surface area (Å²) in [6.07, 6.45) is 1.92. The van der Waals surface area contributed by atoms with Gasteiger partial charge >= 0.3 is 5.97 Å². The van der Waals surface area contributed by atoms with Crippen molar-refractivity contribution in [3.05, 3.63) is 80.9 Å².